The Hall–Kier alpha value is -7.30. The lowest BCUT2D eigenvalue weighted by Gasteiger charge is -2.40. The van der Waals surface area contributed by atoms with Crippen LogP contribution in [0.5, 0.6) is 0 Å². The number of rotatable bonds is 5. The first-order valence-electron chi connectivity index (χ1n) is 19.1. The van der Waals surface area contributed by atoms with E-state index >= 15 is 0 Å². The molecule has 0 aliphatic heterocycles. The van der Waals surface area contributed by atoms with E-state index in [0.717, 1.165) is 34.2 Å². The fourth-order valence-corrected chi connectivity index (χ4v) is 8.99. The normalized spacial score (nSPS) is 13.1. The third-order valence-electron chi connectivity index (χ3n) is 11.6. The largest absolute Gasteiger partial charge is 0.265 e. The molecule has 1 spiro atoms. The van der Waals surface area contributed by atoms with E-state index in [4.69, 9.17) is 15.0 Å². The first-order chi connectivity index (χ1) is 27.7. The highest BCUT2D eigenvalue weighted by molar-refractivity contribution is 5.91. The maximum atomic E-state index is 4.97. The number of nitrogens with zero attached hydrogens (tertiary/aromatic N) is 4. The third-order valence-corrected chi connectivity index (χ3v) is 11.6. The zero-order valence-electron chi connectivity index (χ0n) is 30.5. The maximum absolute atomic E-state index is 4.97. The lowest BCUT2D eigenvalue weighted by atomic mass is 9.61. The quantitative estimate of drug-likeness (QED) is 0.178. The van der Waals surface area contributed by atoms with E-state index in [0.29, 0.717) is 17.5 Å². The zero-order chi connectivity index (χ0) is 37.1. The summed E-state index contributed by atoms with van der Waals surface area (Å²) >= 11 is 0. The van der Waals surface area contributed by atoms with Gasteiger partial charge in [-0.15, -0.1) is 0 Å². The predicted octanol–water partition coefficient (Wildman–Crippen LogP) is 11.9. The van der Waals surface area contributed by atoms with Crippen LogP contribution >= 0.6 is 0 Å². The Bertz CT molecular complexity index is 2820. The lowest BCUT2D eigenvalue weighted by molar-refractivity contribution is 0.722. The average Bonchev–Trinajstić information content (AvgIpc) is 3.56. The summed E-state index contributed by atoms with van der Waals surface area (Å²) in [6, 6.07) is 65.3. The number of hydrogen-bond acceptors (Lipinski definition) is 4. The van der Waals surface area contributed by atoms with Gasteiger partial charge < -0.3 is 0 Å². The topological polar surface area (TPSA) is 51.6 Å². The fourth-order valence-electron chi connectivity index (χ4n) is 8.99. The molecule has 2 aromatic heterocycles. The van der Waals surface area contributed by atoms with Crippen LogP contribution in [0.25, 0.3) is 67.5 Å². The minimum atomic E-state index is -0.471. The summed E-state index contributed by atoms with van der Waals surface area (Å²) in [5.41, 5.74) is 17.7. The van der Waals surface area contributed by atoms with Gasteiger partial charge in [0.25, 0.3) is 0 Å². The van der Waals surface area contributed by atoms with Gasteiger partial charge in [0.15, 0.2) is 17.5 Å². The fraction of sp³-hybridized carbons (Fsp3) is 0.0385. The molecule has 11 rings (SSSR count). The Balaban J connectivity index is 1.07. The van der Waals surface area contributed by atoms with E-state index in [-0.39, 0.29) is 0 Å². The van der Waals surface area contributed by atoms with Crippen molar-refractivity contribution < 1.29 is 0 Å². The van der Waals surface area contributed by atoms with E-state index in [1.54, 1.807) is 0 Å². The first-order valence-corrected chi connectivity index (χ1v) is 19.1. The van der Waals surface area contributed by atoms with Gasteiger partial charge >= 0.3 is 0 Å². The van der Waals surface area contributed by atoms with Gasteiger partial charge in [-0.05, 0) is 97.4 Å². The van der Waals surface area contributed by atoms with Crippen LogP contribution in [-0.4, -0.2) is 19.9 Å². The van der Waals surface area contributed by atoms with E-state index in [1.807, 2.05) is 73.1 Å². The van der Waals surface area contributed by atoms with Crippen LogP contribution in [-0.2, 0) is 11.8 Å². The van der Waals surface area contributed by atoms with Gasteiger partial charge in [-0.25, -0.2) is 15.0 Å². The predicted molar refractivity (Wildman–Crippen MR) is 225 cm³/mol. The molecule has 0 amide bonds. The summed E-state index contributed by atoms with van der Waals surface area (Å²) in [4.78, 5) is 19.1. The molecule has 0 bridgehead atoms. The molecule has 9 aromatic rings. The van der Waals surface area contributed by atoms with Gasteiger partial charge in [-0.1, -0.05) is 158 Å². The monoisotopic (exact) mass is 714 g/mol. The van der Waals surface area contributed by atoms with E-state index < -0.39 is 5.41 Å². The second-order valence-electron chi connectivity index (χ2n) is 14.6. The van der Waals surface area contributed by atoms with Gasteiger partial charge in [0.05, 0.1) is 5.41 Å². The van der Waals surface area contributed by atoms with Crippen molar-refractivity contribution in [1.82, 2.24) is 19.9 Å². The highest BCUT2D eigenvalue weighted by Gasteiger charge is 2.50. The second-order valence-corrected chi connectivity index (χ2v) is 14.6. The lowest BCUT2D eigenvalue weighted by Crippen LogP contribution is -2.34. The number of hydrogen-bond donors (Lipinski definition) is 0. The molecule has 2 aliphatic carbocycles. The number of fused-ring (bicyclic) bond motifs is 9. The summed E-state index contributed by atoms with van der Waals surface area (Å²) in [5, 5.41) is 0. The Morgan fingerprint density at radius 2 is 0.714 bits per heavy atom. The minimum Gasteiger partial charge on any atom is -0.265 e. The molecule has 0 unspecified atom stereocenters. The van der Waals surface area contributed by atoms with Crippen molar-refractivity contribution >= 4 is 0 Å². The van der Waals surface area contributed by atoms with Crippen LogP contribution in [0.15, 0.2) is 194 Å². The zero-order valence-corrected chi connectivity index (χ0v) is 30.5. The minimum absolute atomic E-state index is 0.471. The molecule has 0 saturated heterocycles. The van der Waals surface area contributed by atoms with Crippen LogP contribution in [0.1, 0.15) is 33.4 Å². The number of benzene rings is 7. The summed E-state index contributed by atoms with van der Waals surface area (Å²) in [5.74, 6) is 1.96. The molecule has 2 aliphatic rings. The smallest absolute Gasteiger partial charge is 0.164 e. The van der Waals surface area contributed by atoms with Crippen LogP contribution in [0.3, 0.4) is 0 Å². The molecular weight excluding hydrogens is 681 g/mol. The second kappa shape index (κ2) is 12.9. The van der Waals surface area contributed by atoms with Gasteiger partial charge in [0, 0.05) is 29.1 Å². The molecule has 4 heteroatoms. The van der Waals surface area contributed by atoms with Gasteiger partial charge in [0.2, 0.25) is 0 Å². The highest BCUT2D eigenvalue weighted by atomic mass is 15.0. The molecule has 0 N–H and O–H groups in total. The molecular formula is C52H34N4. The van der Waals surface area contributed by atoms with Crippen molar-refractivity contribution in [2.75, 3.05) is 0 Å². The van der Waals surface area contributed by atoms with Crippen molar-refractivity contribution in [3.8, 4) is 67.5 Å². The Morgan fingerprint density at radius 1 is 0.321 bits per heavy atom. The van der Waals surface area contributed by atoms with Gasteiger partial charge in [-0.3, -0.25) is 4.98 Å². The van der Waals surface area contributed by atoms with E-state index in [1.165, 1.54) is 55.6 Å². The molecule has 7 aromatic carbocycles. The average molecular weight is 715 g/mol. The van der Waals surface area contributed by atoms with Crippen molar-refractivity contribution in [3.05, 3.63) is 228 Å². The van der Waals surface area contributed by atoms with Crippen molar-refractivity contribution in [3.63, 3.8) is 0 Å². The van der Waals surface area contributed by atoms with Crippen LogP contribution in [0.2, 0.25) is 0 Å². The Labute approximate surface area is 325 Å². The number of pyridine rings is 1. The Morgan fingerprint density at radius 3 is 1.21 bits per heavy atom. The van der Waals surface area contributed by atoms with E-state index in [9.17, 15) is 0 Å². The summed E-state index contributed by atoms with van der Waals surface area (Å²) < 4.78 is 0. The molecule has 262 valence electrons. The van der Waals surface area contributed by atoms with Crippen LogP contribution < -0.4 is 0 Å². The highest BCUT2D eigenvalue weighted by Crippen LogP contribution is 2.60. The summed E-state index contributed by atoms with van der Waals surface area (Å²) in [7, 11) is 0. The molecule has 0 atom stereocenters. The van der Waals surface area contributed by atoms with Gasteiger partial charge in [-0.2, -0.15) is 0 Å². The van der Waals surface area contributed by atoms with Crippen LogP contribution in [0, 0.1) is 0 Å². The van der Waals surface area contributed by atoms with Crippen molar-refractivity contribution in [1.29, 1.82) is 0 Å². The molecule has 0 fully saturated rings. The van der Waals surface area contributed by atoms with E-state index in [2.05, 4.69) is 126 Å². The summed E-state index contributed by atoms with van der Waals surface area (Å²) in [6.45, 7) is 0. The van der Waals surface area contributed by atoms with Crippen molar-refractivity contribution in [2.24, 2.45) is 0 Å². The standard InChI is InChI=1S/C52H34N4/c1-3-11-36(12-4-1)49-54-50(37-13-5-2-6-14-37)56-51(55-49)38-21-19-34(20-22-38)39-23-25-43-44-26-24-40(35-27-29-53-30-28-35)33-48(44)52(47(43)32-39)45-17-9-7-15-41(45)31-42-16-8-10-18-46(42)52/h1-30,32-33H,31H2. The molecule has 4 nitrogen and oxygen atoms in total. The molecule has 0 radical (unpaired) electrons. The number of aromatic nitrogens is 4. The molecule has 56 heavy (non-hydrogen) atoms. The SMILES string of the molecule is c1ccc(-c2nc(-c3ccccc3)nc(-c3ccc(-c4ccc5c(c4)C4(c6ccccc6Cc6ccccc64)c4cc(-c6ccncc6)ccc4-5)cc3)n2)cc1. The first kappa shape index (κ1) is 32.2. The van der Waals surface area contributed by atoms with Crippen LogP contribution in [0.4, 0.5) is 0 Å². The molecule has 2 heterocycles. The molecule has 0 saturated carbocycles. The Kier molecular flexibility index (Phi) is 7.42. The van der Waals surface area contributed by atoms with Gasteiger partial charge in [0.1, 0.15) is 0 Å². The summed E-state index contributed by atoms with van der Waals surface area (Å²) in [6.07, 6.45) is 4.67. The maximum Gasteiger partial charge on any atom is 0.164 e. The third kappa shape index (κ3) is 5.07. The van der Waals surface area contributed by atoms with Crippen molar-refractivity contribution in [2.45, 2.75) is 11.8 Å².